The summed E-state index contributed by atoms with van der Waals surface area (Å²) in [6.45, 7) is 2.05. The van der Waals surface area contributed by atoms with Crippen molar-refractivity contribution in [2.75, 3.05) is 10.2 Å². The maximum Gasteiger partial charge on any atom is 0.269 e. The minimum atomic E-state index is -0.550. The van der Waals surface area contributed by atoms with Crippen LogP contribution < -0.4 is 10.2 Å². The number of anilines is 2. The van der Waals surface area contributed by atoms with E-state index in [1.54, 1.807) is 30.3 Å². The zero-order valence-electron chi connectivity index (χ0n) is 18.5. The molecule has 0 aromatic heterocycles. The summed E-state index contributed by atoms with van der Waals surface area (Å²) in [4.78, 5) is 28.1. The number of thioether (sulfide) groups is 1. The maximum atomic E-state index is 13.5. The molecule has 0 bridgehead atoms. The first-order chi connectivity index (χ1) is 16.5. The third-order valence-electron chi connectivity index (χ3n) is 5.45. The highest BCUT2D eigenvalue weighted by molar-refractivity contribution is 8.05. The van der Waals surface area contributed by atoms with E-state index in [9.17, 15) is 14.9 Å². The summed E-state index contributed by atoms with van der Waals surface area (Å²) in [5, 5.41) is 13.2. The van der Waals surface area contributed by atoms with Crippen molar-refractivity contribution in [2.45, 2.75) is 25.0 Å². The van der Waals surface area contributed by atoms with Crippen molar-refractivity contribution in [1.82, 2.24) is 0 Å². The van der Waals surface area contributed by atoms with Crippen molar-refractivity contribution in [1.29, 1.82) is 5.26 Å². The Balaban J connectivity index is 1.69. The molecule has 0 aliphatic carbocycles. The Hall–Kier alpha value is -3.53. The lowest BCUT2D eigenvalue weighted by Crippen LogP contribution is -2.30. The van der Waals surface area contributed by atoms with Crippen LogP contribution in [0.25, 0.3) is 0 Å². The lowest BCUT2D eigenvalue weighted by molar-refractivity contribution is -0.117. The van der Waals surface area contributed by atoms with E-state index in [2.05, 4.69) is 12.2 Å². The van der Waals surface area contributed by atoms with Gasteiger partial charge in [-0.05, 0) is 60.4 Å². The van der Waals surface area contributed by atoms with Crippen LogP contribution in [0, 0.1) is 11.3 Å². The smallest absolute Gasteiger partial charge is 0.269 e. The van der Waals surface area contributed by atoms with Gasteiger partial charge in [-0.1, -0.05) is 72.8 Å². The van der Waals surface area contributed by atoms with Gasteiger partial charge < -0.3 is 5.32 Å². The van der Waals surface area contributed by atoms with E-state index < -0.39 is 11.2 Å². The Morgan fingerprint density at radius 2 is 1.79 bits per heavy atom. The molecular weight excluding hydrogens is 466 g/mol. The van der Waals surface area contributed by atoms with E-state index in [-0.39, 0.29) is 11.5 Å². The lowest BCUT2D eigenvalue weighted by atomic mass is 10.1. The van der Waals surface area contributed by atoms with Crippen molar-refractivity contribution in [3.63, 3.8) is 0 Å². The summed E-state index contributed by atoms with van der Waals surface area (Å²) in [5.74, 6) is -0.731. The van der Waals surface area contributed by atoms with Gasteiger partial charge in [0.05, 0.1) is 5.25 Å². The van der Waals surface area contributed by atoms with Gasteiger partial charge >= 0.3 is 0 Å². The summed E-state index contributed by atoms with van der Waals surface area (Å²) in [7, 11) is 0. The molecule has 3 aromatic rings. The molecule has 1 fully saturated rings. The quantitative estimate of drug-likeness (QED) is 0.343. The molecule has 0 radical (unpaired) electrons. The summed E-state index contributed by atoms with van der Waals surface area (Å²) < 4.78 is 0. The highest BCUT2D eigenvalue weighted by atomic mass is 35.5. The van der Waals surface area contributed by atoms with Crippen LogP contribution in [0.4, 0.5) is 11.4 Å². The molecule has 1 heterocycles. The van der Waals surface area contributed by atoms with Gasteiger partial charge in [-0.2, -0.15) is 5.26 Å². The largest absolute Gasteiger partial charge is 0.321 e. The Morgan fingerprint density at radius 1 is 1.06 bits per heavy atom. The minimum Gasteiger partial charge on any atom is -0.321 e. The van der Waals surface area contributed by atoms with E-state index in [4.69, 9.17) is 11.6 Å². The summed E-state index contributed by atoms with van der Waals surface area (Å²) >= 11 is 7.35. The number of nitrogens with one attached hydrogen (secondary N) is 1. The van der Waals surface area contributed by atoms with Crippen LogP contribution in [0.1, 0.15) is 18.1 Å². The molecule has 170 valence electrons. The predicted octanol–water partition coefficient (Wildman–Crippen LogP) is 5.97. The number of amides is 2. The Morgan fingerprint density at radius 3 is 2.44 bits per heavy atom. The van der Waals surface area contributed by atoms with Crippen molar-refractivity contribution in [2.24, 2.45) is 0 Å². The van der Waals surface area contributed by atoms with E-state index in [1.165, 1.54) is 16.7 Å². The molecule has 1 aliphatic heterocycles. The van der Waals surface area contributed by atoms with Gasteiger partial charge in [0, 0.05) is 16.4 Å². The van der Waals surface area contributed by atoms with Crippen LogP contribution in [0.15, 0.2) is 89.5 Å². The van der Waals surface area contributed by atoms with Crippen LogP contribution in [0.3, 0.4) is 0 Å². The second-order valence-corrected chi connectivity index (χ2v) is 9.37. The molecule has 0 spiro atoms. The van der Waals surface area contributed by atoms with Crippen LogP contribution in [0.2, 0.25) is 5.02 Å². The Bertz CT molecular complexity index is 1280. The van der Waals surface area contributed by atoms with Gasteiger partial charge in [0.2, 0.25) is 5.91 Å². The summed E-state index contributed by atoms with van der Waals surface area (Å²) in [5.41, 5.74) is 3.15. The maximum absolute atomic E-state index is 13.5. The number of rotatable bonds is 6. The zero-order valence-corrected chi connectivity index (χ0v) is 20.1. The Labute approximate surface area is 208 Å². The number of aryl methyl sites for hydroxylation is 1. The molecule has 3 aromatic carbocycles. The SMILES string of the molecule is CCc1ccc(NC(=O)/C(C#N)=C2\S[C@H](Cc3cccc(Cl)c3)C(=O)N2c2ccccc2)cc1. The molecule has 7 heteroatoms. The topological polar surface area (TPSA) is 73.2 Å². The van der Waals surface area contributed by atoms with Crippen LogP contribution in [0.5, 0.6) is 0 Å². The molecule has 0 unspecified atom stereocenters. The third-order valence-corrected chi connectivity index (χ3v) is 6.95. The third kappa shape index (κ3) is 5.17. The number of nitrogens with zero attached hydrogens (tertiary/aromatic N) is 2. The molecule has 1 aliphatic rings. The molecule has 4 rings (SSSR count). The fourth-order valence-corrected chi connectivity index (χ4v) is 5.22. The zero-order chi connectivity index (χ0) is 24.1. The molecule has 5 nitrogen and oxygen atoms in total. The minimum absolute atomic E-state index is 0.102. The van der Waals surface area contributed by atoms with Gasteiger partial charge in [0.25, 0.3) is 5.91 Å². The number of benzene rings is 3. The molecule has 1 atom stereocenters. The molecular formula is C27H22ClN3O2S. The fraction of sp³-hybridized carbons (Fsp3) is 0.148. The molecule has 0 saturated carbocycles. The molecule has 1 saturated heterocycles. The first-order valence-electron chi connectivity index (χ1n) is 10.8. The monoisotopic (exact) mass is 487 g/mol. The van der Waals surface area contributed by atoms with E-state index >= 15 is 0 Å². The second kappa shape index (κ2) is 10.6. The van der Waals surface area contributed by atoms with Crippen molar-refractivity contribution in [3.05, 3.63) is 106 Å². The lowest BCUT2D eigenvalue weighted by Gasteiger charge is -2.18. The number of halogens is 1. The van der Waals surface area contributed by atoms with Crippen molar-refractivity contribution in [3.8, 4) is 6.07 Å². The normalized spacial score (nSPS) is 16.8. The van der Waals surface area contributed by atoms with Gasteiger partial charge in [-0.15, -0.1) is 0 Å². The summed E-state index contributed by atoms with van der Waals surface area (Å²) in [6.07, 6.45) is 1.32. The van der Waals surface area contributed by atoms with E-state index in [1.807, 2.05) is 54.6 Å². The predicted molar refractivity (Wildman–Crippen MR) is 138 cm³/mol. The second-order valence-electron chi connectivity index (χ2n) is 7.75. The van der Waals surface area contributed by atoms with Crippen LogP contribution >= 0.6 is 23.4 Å². The van der Waals surface area contributed by atoms with E-state index in [0.29, 0.717) is 27.8 Å². The number of hydrogen-bond donors (Lipinski definition) is 1. The molecule has 1 N–H and O–H groups in total. The summed E-state index contributed by atoms with van der Waals surface area (Å²) in [6, 6.07) is 25.9. The molecule has 34 heavy (non-hydrogen) atoms. The Kier molecular flexibility index (Phi) is 7.36. The first-order valence-corrected chi connectivity index (χ1v) is 12.1. The number of nitriles is 1. The highest BCUT2D eigenvalue weighted by Crippen LogP contribution is 2.42. The van der Waals surface area contributed by atoms with Crippen LogP contribution in [-0.4, -0.2) is 17.1 Å². The number of carbonyl (C=O) groups is 2. The standard InChI is InChI=1S/C27H22ClN3O2S/c1-2-18-11-13-21(14-12-18)30-25(32)23(17-29)27-31(22-9-4-3-5-10-22)26(33)24(34-27)16-19-7-6-8-20(28)15-19/h3-15,24H,2,16H2,1H3,(H,30,32)/b27-23-/t24-/m1/s1. The van der Waals surface area contributed by atoms with Gasteiger partial charge in [0.15, 0.2) is 0 Å². The van der Waals surface area contributed by atoms with Gasteiger partial charge in [0.1, 0.15) is 16.7 Å². The first kappa shape index (κ1) is 23.6. The average molecular weight is 488 g/mol. The number of para-hydroxylation sites is 1. The van der Waals surface area contributed by atoms with Gasteiger partial charge in [-0.25, -0.2) is 0 Å². The highest BCUT2D eigenvalue weighted by Gasteiger charge is 2.40. The average Bonchev–Trinajstić information content (AvgIpc) is 3.16. The van der Waals surface area contributed by atoms with E-state index in [0.717, 1.165) is 17.5 Å². The number of hydrogen-bond acceptors (Lipinski definition) is 4. The van der Waals surface area contributed by atoms with Crippen LogP contribution in [-0.2, 0) is 22.4 Å². The fourth-order valence-electron chi connectivity index (χ4n) is 3.69. The van der Waals surface area contributed by atoms with Crippen molar-refractivity contribution < 1.29 is 9.59 Å². The van der Waals surface area contributed by atoms with Crippen molar-refractivity contribution >= 4 is 46.6 Å². The number of carbonyl (C=O) groups excluding carboxylic acids is 2. The molecule has 2 amide bonds. The van der Waals surface area contributed by atoms with Gasteiger partial charge in [-0.3, -0.25) is 14.5 Å².